The van der Waals surface area contributed by atoms with Crippen LogP contribution in [0.15, 0.2) is 18.2 Å². The van der Waals surface area contributed by atoms with Crippen molar-refractivity contribution in [3.8, 4) is 0 Å². The number of morpholine rings is 1. The molecule has 2 rings (SSSR count). The molecule has 1 aliphatic heterocycles. The lowest BCUT2D eigenvalue weighted by atomic mass is 10.2. The van der Waals surface area contributed by atoms with Crippen molar-refractivity contribution in [1.82, 2.24) is 4.90 Å². The number of carbonyl (C=O) groups is 1. The molecule has 1 heterocycles. The van der Waals surface area contributed by atoms with Gasteiger partial charge in [-0.1, -0.05) is 29.3 Å². The van der Waals surface area contributed by atoms with Crippen molar-refractivity contribution in [3.05, 3.63) is 28.2 Å². The van der Waals surface area contributed by atoms with Gasteiger partial charge in [0.25, 0.3) is 0 Å². The zero-order valence-electron chi connectivity index (χ0n) is 11.5. The van der Waals surface area contributed by atoms with E-state index in [2.05, 4.69) is 10.2 Å². The fourth-order valence-corrected chi connectivity index (χ4v) is 2.75. The van der Waals surface area contributed by atoms with Crippen molar-refractivity contribution < 1.29 is 9.53 Å². The predicted molar refractivity (Wildman–Crippen MR) is 81.5 cm³/mol. The summed E-state index contributed by atoms with van der Waals surface area (Å²) < 4.78 is 5.64. The molecule has 1 aromatic carbocycles. The van der Waals surface area contributed by atoms with Crippen LogP contribution in [0.4, 0.5) is 5.69 Å². The topological polar surface area (TPSA) is 41.6 Å². The first-order chi connectivity index (χ1) is 9.45. The number of hydrogen-bond acceptors (Lipinski definition) is 3. The van der Waals surface area contributed by atoms with Crippen LogP contribution in [-0.4, -0.2) is 42.6 Å². The number of nitrogens with one attached hydrogen (secondary N) is 1. The average molecular weight is 317 g/mol. The first kappa shape index (κ1) is 15.6. The normalized spacial score (nSPS) is 23.6. The van der Waals surface area contributed by atoms with Crippen LogP contribution in [0.5, 0.6) is 0 Å². The summed E-state index contributed by atoms with van der Waals surface area (Å²) in [5, 5.41) is 3.59. The Morgan fingerprint density at radius 2 is 2.00 bits per heavy atom. The standard InChI is InChI=1S/C14H18Cl2N2O2/c1-9-6-18(7-10(2)20-9)8-13(19)17-12-5-3-4-11(15)14(12)16/h3-5,9-10H,6-8H2,1-2H3,(H,17,19)/t9-,10-/m0/s1. The molecule has 0 unspecified atom stereocenters. The molecule has 0 saturated carbocycles. The van der Waals surface area contributed by atoms with Gasteiger partial charge in [0.15, 0.2) is 0 Å². The molecule has 1 aromatic rings. The molecular weight excluding hydrogens is 299 g/mol. The SMILES string of the molecule is C[C@H]1CN(CC(=O)Nc2cccc(Cl)c2Cl)C[C@H](C)O1. The molecule has 1 amide bonds. The van der Waals surface area contributed by atoms with E-state index in [1.165, 1.54) is 0 Å². The van der Waals surface area contributed by atoms with Crippen LogP contribution >= 0.6 is 23.2 Å². The van der Waals surface area contributed by atoms with Crippen LogP contribution in [-0.2, 0) is 9.53 Å². The summed E-state index contributed by atoms with van der Waals surface area (Å²) in [7, 11) is 0. The van der Waals surface area contributed by atoms with Crippen molar-refractivity contribution in [2.75, 3.05) is 25.0 Å². The van der Waals surface area contributed by atoms with E-state index in [9.17, 15) is 4.79 Å². The van der Waals surface area contributed by atoms with Crippen LogP contribution < -0.4 is 5.32 Å². The Morgan fingerprint density at radius 1 is 1.35 bits per heavy atom. The quantitative estimate of drug-likeness (QED) is 0.932. The Bertz CT molecular complexity index is 486. The van der Waals surface area contributed by atoms with Crippen LogP contribution in [0.25, 0.3) is 0 Å². The highest BCUT2D eigenvalue weighted by molar-refractivity contribution is 6.43. The Balaban J connectivity index is 1.94. The van der Waals surface area contributed by atoms with E-state index in [-0.39, 0.29) is 18.1 Å². The lowest BCUT2D eigenvalue weighted by Gasteiger charge is -2.34. The summed E-state index contributed by atoms with van der Waals surface area (Å²) >= 11 is 12.0. The first-order valence-electron chi connectivity index (χ1n) is 6.57. The minimum atomic E-state index is -0.101. The number of nitrogens with zero attached hydrogens (tertiary/aromatic N) is 1. The number of hydrogen-bond donors (Lipinski definition) is 1. The highest BCUT2D eigenvalue weighted by atomic mass is 35.5. The fraction of sp³-hybridized carbons (Fsp3) is 0.500. The van der Waals surface area contributed by atoms with Gasteiger partial charge < -0.3 is 10.1 Å². The van der Waals surface area contributed by atoms with E-state index >= 15 is 0 Å². The van der Waals surface area contributed by atoms with Crippen molar-refractivity contribution >= 4 is 34.8 Å². The second kappa shape index (κ2) is 6.76. The number of benzene rings is 1. The molecule has 2 atom stereocenters. The lowest BCUT2D eigenvalue weighted by molar-refractivity contribution is -0.121. The molecule has 1 saturated heterocycles. The highest BCUT2D eigenvalue weighted by Gasteiger charge is 2.23. The van der Waals surface area contributed by atoms with E-state index < -0.39 is 0 Å². The van der Waals surface area contributed by atoms with Gasteiger partial charge in [0.05, 0.1) is 34.5 Å². The second-order valence-corrected chi connectivity index (χ2v) is 5.89. The summed E-state index contributed by atoms with van der Waals surface area (Å²) in [6, 6.07) is 5.17. The van der Waals surface area contributed by atoms with E-state index in [1.54, 1.807) is 18.2 Å². The molecule has 0 aromatic heterocycles. The van der Waals surface area contributed by atoms with Crippen molar-refractivity contribution in [3.63, 3.8) is 0 Å². The second-order valence-electron chi connectivity index (χ2n) is 5.10. The Labute approximate surface area is 129 Å². The first-order valence-corrected chi connectivity index (χ1v) is 7.33. The molecule has 0 radical (unpaired) electrons. The van der Waals surface area contributed by atoms with Crippen molar-refractivity contribution in [2.45, 2.75) is 26.1 Å². The molecule has 110 valence electrons. The minimum absolute atomic E-state index is 0.101. The van der Waals surface area contributed by atoms with E-state index in [1.807, 2.05) is 13.8 Å². The molecule has 20 heavy (non-hydrogen) atoms. The van der Waals surface area contributed by atoms with Gasteiger partial charge in [-0.15, -0.1) is 0 Å². The van der Waals surface area contributed by atoms with Gasteiger partial charge in [0.1, 0.15) is 0 Å². The molecule has 4 nitrogen and oxygen atoms in total. The molecular formula is C14H18Cl2N2O2. The number of amides is 1. The van der Waals surface area contributed by atoms with Crippen LogP contribution in [0.3, 0.4) is 0 Å². The molecule has 1 aliphatic rings. The number of ether oxygens (including phenoxy) is 1. The maximum Gasteiger partial charge on any atom is 0.238 e. The molecule has 6 heteroatoms. The maximum absolute atomic E-state index is 12.1. The lowest BCUT2D eigenvalue weighted by Crippen LogP contribution is -2.48. The Hall–Kier alpha value is -0.810. The molecule has 0 spiro atoms. The van der Waals surface area contributed by atoms with E-state index in [0.717, 1.165) is 13.1 Å². The Kier molecular flexibility index (Phi) is 5.27. The van der Waals surface area contributed by atoms with Gasteiger partial charge in [-0.25, -0.2) is 0 Å². The van der Waals surface area contributed by atoms with Gasteiger partial charge in [-0.2, -0.15) is 0 Å². The zero-order valence-corrected chi connectivity index (χ0v) is 13.0. The summed E-state index contributed by atoms with van der Waals surface area (Å²) in [6.45, 7) is 5.84. The molecule has 1 N–H and O–H groups in total. The fourth-order valence-electron chi connectivity index (χ4n) is 2.41. The number of carbonyl (C=O) groups excluding carboxylic acids is 1. The molecule has 1 fully saturated rings. The summed E-state index contributed by atoms with van der Waals surface area (Å²) in [5.74, 6) is -0.101. The van der Waals surface area contributed by atoms with Crippen LogP contribution in [0.1, 0.15) is 13.8 Å². The van der Waals surface area contributed by atoms with Gasteiger partial charge in [0, 0.05) is 13.1 Å². The summed E-state index contributed by atoms with van der Waals surface area (Å²) in [5.41, 5.74) is 0.540. The molecule has 0 bridgehead atoms. The largest absolute Gasteiger partial charge is 0.373 e. The van der Waals surface area contributed by atoms with Crippen molar-refractivity contribution in [2.24, 2.45) is 0 Å². The predicted octanol–water partition coefficient (Wildman–Crippen LogP) is 3.04. The maximum atomic E-state index is 12.1. The smallest absolute Gasteiger partial charge is 0.238 e. The average Bonchev–Trinajstić information content (AvgIpc) is 2.33. The van der Waals surface area contributed by atoms with Gasteiger partial charge in [0.2, 0.25) is 5.91 Å². The Morgan fingerprint density at radius 3 is 2.65 bits per heavy atom. The third kappa shape index (κ3) is 4.09. The van der Waals surface area contributed by atoms with Gasteiger partial charge in [-0.05, 0) is 26.0 Å². The summed E-state index contributed by atoms with van der Waals surface area (Å²) in [4.78, 5) is 14.1. The van der Waals surface area contributed by atoms with E-state index in [4.69, 9.17) is 27.9 Å². The van der Waals surface area contributed by atoms with Crippen molar-refractivity contribution in [1.29, 1.82) is 0 Å². The van der Waals surface area contributed by atoms with Crippen LogP contribution in [0.2, 0.25) is 10.0 Å². The zero-order chi connectivity index (χ0) is 14.7. The van der Waals surface area contributed by atoms with Crippen LogP contribution in [0, 0.1) is 0 Å². The third-order valence-corrected chi connectivity index (χ3v) is 3.91. The molecule has 0 aliphatic carbocycles. The number of rotatable bonds is 3. The van der Waals surface area contributed by atoms with Gasteiger partial charge in [-0.3, -0.25) is 9.69 Å². The van der Waals surface area contributed by atoms with Gasteiger partial charge >= 0.3 is 0 Å². The highest BCUT2D eigenvalue weighted by Crippen LogP contribution is 2.29. The number of halogens is 2. The monoisotopic (exact) mass is 316 g/mol. The third-order valence-electron chi connectivity index (χ3n) is 3.09. The minimum Gasteiger partial charge on any atom is -0.373 e. The number of anilines is 1. The summed E-state index contributed by atoms with van der Waals surface area (Å²) in [6.07, 6.45) is 0.280. The van der Waals surface area contributed by atoms with E-state index in [0.29, 0.717) is 22.3 Å².